The van der Waals surface area contributed by atoms with Crippen LogP contribution in [0.2, 0.25) is 0 Å². The first-order chi connectivity index (χ1) is 7.05. The number of nitrogens with two attached hydrogens (primary N) is 1. The average Bonchev–Trinajstić information content (AvgIpc) is 2.17. The zero-order valence-electron chi connectivity index (χ0n) is 8.09. The monoisotopic (exact) mass is 215 g/mol. The van der Waals surface area contributed by atoms with E-state index in [0.717, 1.165) is 6.07 Å². The van der Waals surface area contributed by atoms with E-state index >= 15 is 0 Å². The number of hydrogen-bond acceptors (Lipinski definition) is 1. The summed E-state index contributed by atoms with van der Waals surface area (Å²) in [5.41, 5.74) is 4.90. The topological polar surface area (TPSA) is 26.0 Å². The van der Waals surface area contributed by atoms with E-state index in [9.17, 15) is 13.2 Å². The highest BCUT2D eigenvalue weighted by molar-refractivity contribution is 5.31. The smallest absolute Gasteiger partial charge is 0.327 e. The fourth-order valence-electron chi connectivity index (χ4n) is 1.28. The summed E-state index contributed by atoms with van der Waals surface area (Å²) in [5, 5.41) is 0. The standard InChI is InChI=1S/C11H12F3N/c12-11(13,14)10-7-2-1-5-9(10)6-3-4-8-15/h1-5,7H,6,8,15H2/b4-3+. The quantitative estimate of drug-likeness (QED) is 0.771. The molecule has 82 valence electrons. The molecular formula is C11H12F3N. The first-order valence-electron chi connectivity index (χ1n) is 4.56. The van der Waals surface area contributed by atoms with Crippen molar-refractivity contribution in [2.45, 2.75) is 12.6 Å². The molecule has 0 atom stereocenters. The zero-order valence-corrected chi connectivity index (χ0v) is 8.09. The Balaban J connectivity index is 2.92. The van der Waals surface area contributed by atoms with Gasteiger partial charge in [0.15, 0.2) is 0 Å². The van der Waals surface area contributed by atoms with Crippen LogP contribution in [0.15, 0.2) is 36.4 Å². The second-order valence-electron chi connectivity index (χ2n) is 3.07. The molecule has 1 aromatic carbocycles. The van der Waals surface area contributed by atoms with E-state index in [1.54, 1.807) is 18.2 Å². The van der Waals surface area contributed by atoms with E-state index in [4.69, 9.17) is 5.73 Å². The maximum absolute atomic E-state index is 12.5. The summed E-state index contributed by atoms with van der Waals surface area (Å²) in [5.74, 6) is 0. The number of alkyl halides is 3. The normalized spacial score (nSPS) is 12.3. The molecule has 0 aliphatic heterocycles. The van der Waals surface area contributed by atoms with Crippen LogP contribution >= 0.6 is 0 Å². The molecule has 0 bridgehead atoms. The van der Waals surface area contributed by atoms with E-state index in [2.05, 4.69) is 0 Å². The Hall–Kier alpha value is -1.29. The Morgan fingerprint density at radius 2 is 1.80 bits per heavy atom. The SMILES string of the molecule is NC/C=C/Cc1ccccc1C(F)(F)F. The number of allylic oxidation sites excluding steroid dienone is 1. The van der Waals surface area contributed by atoms with Gasteiger partial charge in [0.2, 0.25) is 0 Å². The minimum atomic E-state index is -4.28. The van der Waals surface area contributed by atoms with Gasteiger partial charge in [0.25, 0.3) is 0 Å². The first-order valence-corrected chi connectivity index (χ1v) is 4.56. The highest BCUT2D eigenvalue weighted by atomic mass is 19.4. The van der Waals surface area contributed by atoms with Crippen molar-refractivity contribution in [1.82, 2.24) is 0 Å². The third-order valence-electron chi connectivity index (χ3n) is 1.96. The predicted molar refractivity (Wildman–Crippen MR) is 53.3 cm³/mol. The summed E-state index contributed by atoms with van der Waals surface area (Å²) in [4.78, 5) is 0. The first kappa shape index (κ1) is 11.8. The maximum atomic E-state index is 12.5. The molecule has 0 amide bonds. The van der Waals surface area contributed by atoms with Crippen LogP contribution in [-0.4, -0.2) is 6.54 Å². The van der Waals surface area contributed by atoms with E-state index in [1.807, 2.05) is 0 Å². The second-order valence-corrected chi connectivity index (χ2v) is 3.07. The molecule has 15 heavy (non-hydrogen) atoms. The molecule has 2 N–H and O–H groups in total. The molecule has 4 heteroatoms. The molecular weight excluding hydrogens is 203 g/mol. The molecule has 0 saturated carbocycles. The molecule has 0 fully saturated rings. The van der Waals surface area contributed by atoms with Gasteiger partial charge >= 0.3 is 6.18 Å². The van der Waals surface area contributed by atoms with Crippen molar-refractivity contribution in [1.29, 1.82) is 0 Å². The average molecular weight is 215 g/mol. The van der Waals surface area contributed by atoms with Crippen LogP contribution in [0.3, 0.4) is 0 Å². The third kappa shape index (κ3) is 3.40. The van der Waals surface area contributed by atoms with Gasteiger partial charge in [-0.05, 0) is 18.1 Å². The van der Waals surface area contributed by atoms with Crippen LogP contribution in [-0.2, 0) is 12.6 Å². The van der Waals surface area contributed by atoms with E-state index in [1.165, 1.54) is 12.1 Å². The lowest BCUT2D eigenvalue weighted by Crippen LogP contribution is -2.08. The van der Waals surface area contributed by atoms with Crippen LogP contribution in [0.1, 0.15) is 11.1 Å². The lowest BCUT2D eigenvalue weighted by molar-refractivity contribution is -0.138. The van der Waals surface area contributed by atoms with Gasteiger partial charge in [-0.3, -0.25) is 0 Å². The molecule has 0 unspecified atom stereocenters. The molecule has 0 spiro atoms. The Labute approximate surface area is 86.4 Å². The summed E-state index contributed by atoms with van der Waals surface area (Å²) >= 11 is 0. The Kier molecular flexibility index (Phi) is 3.91. The number of halogens is 3. The highest BCUT2D eigenvalue weighted by Gasteiger charge is 2.32. The number of benzene rings is 1. The van der Waals surface area contributed by atoms with Crippen LogP contribution < -0.4 is 5.73 Å². The van der Waals surface area contributed by atoms with Crippen molar-refractivity contribution in [2.24, 2.45) is 5.73 Å². The summed E-state index contributed by atoms with van der Waals surface area (Å²) in [6, 6.07) is 5.55. The van der Waals surface area contributed by atoms with Crippen LogP contribution in [0.5, 0.6) is 0 Å². The van der Waals surface area contributed by atoms with Crippen molar-refractivity contribution >= 4 is 0 Å². The van der Waals surface area contributed by atoms with Gasteiger partial charge in [0.05, 0.1) is 5.56 Å². The Morgan fingerprint density at radius 3 is 2.40 bits per heavy atom. The van der Waals surface area contributed by atoms with Crippen molar-refractivity contribution in [2.75, 3.05) is 6.54 Å². The van der Waals surface area contributed by atoms with Gasteiger partial charge in [-0.2, -0.15) is 13.2 Å². The Bertz CT molecular complexity index is 342. The van der Waals surface area contributed by atoms with Crippen molar-refractivity contribution in [3.05, 3.63) is 47.5 Å². The molecule has 0 heterocycles. The lowest BCUT2D eigenvalue weighted by atomic mass is 10.0. The molecule has 0 aliphatic carbocycles. The third-order valence-corrected chi connectivity index (χ3v) is 1.96. The van der Waals surface area contributed by atoms with E-state index in [0.29, 0.717) is 6.54 Å². The molecule has 1 aromatic rings. The number of rotatable bonds is 3. The molecule has 0 saturated heterocycles. The highest BCUT2D eigenvalue weighted by Crippen LogP contribution is 2.31. The van der Waals surface area contributed by atoms with E-state index in [-0.39, 0.29) is 12.0 Å². The van der Waals surface area contributed by atoms with Crippen LogP contribution in [0, 0.1) is 0 Å². The number of hydrogen-bond donors (Lipinski definition) is 1. The summed E-state index contributed by atoms with van der Waals surface area (Å²) < 4.78 is 37.5. The summed E-state index contributed by atoms with van der Waals surface area (Å²) in [7, 11) is 0. The second kappa shape index (κ2) is 4.98. The van der Waals surface area contributed by atoms with E-state index < -0.39 is 11.7 Å². The molecule has 1 nitrogen and oxygen atoms in total. The zero-order chi connectivity index (χ0) is 11.3. The van der Waals surface area contributed by atoms with Crippen molar-refractivity contribution in [3.8, 4) is 0 Å². The van der Waals surface area contributed by atoms with Gasteiger partial charge in [-0.1, -0.05) is 30.4 Å². The van der Waals surface area contributed by atoms with Crippen LogP contribution in [0.4, 0.5) is 13.2 Å². The largest absolute Gasteiger partial charge is 0.416 e. The molecule has 0 aliphatic rings. The fraction of sp³-hybridized carbons (Fsp3) is 0.273. The summed E-state index contributed by atoms with van der Waals surface area (Å²) in [6.07, 6.45) is -0.738. The van der Waals surface area contributed by atoms with Gasteiger partial charge in [-0.25, -0.2) is 0 Å². The van der Waals surface area contributed by atoms with Gasteiger partial charge in [0.1, 0.15) is 0 Å². The van der Waals surface area contributed by atoms with Crippen LogP contribution in [0.25, 0.3) is 0 Å². The summed E-state index contributed by atoms with van der Waals surface area (Å²) in [6.45, 7) is 0.341. The minimum Gasteiger partial charge on any atom is -0.327 e. The minimum absolute atomic E-state index is 0.257. The molecule has 1 rings (SSSR count). The van der Waals surface area contributed by atoms with Gasteiger partial charge in [0, 0.05) is 6.54 Å². The van der Waals surface area contributed by atoms with Gasteiger partial charge < -0.3 is 5.73 Å². The predicted octanol–water partition coefficient (Wildman–Crippen LogP) is 2.76. The fourth-order valence-corrected chi connectivity index (χ4v) is 1.28. The Morgan fingerprint density at radius 1 is 1.13 bits per heavy atom. The van der Waals surface area contributed by atoms with Gasteiger partial charge in [-0.15, -0.1) is 0 Å². The van der Waals surface area contributed by atoms with Crippen molar-refractivity contribution < 1.29 is 13.2 Å². The maximum Gasteiger partial charge on any atom is 0.416 e. The lowest BCUT2D eigenvalue weighted by Gasteiger charge is -2.10. The molecule has 0 aromatic heterocycles. The molecule has 0 radical (unpaired) electrons. The van der Waals surface area contributed by atoms with Crippen molar-refractivity contribution in [3.63, 3.8) is 0 Å².